The molecule has 3 aliphatic heterocycles. The third kappa shape index (κ3) is 3.64. The molecule has 8 nitrogen and oxygen atoms in total. The van der Waals surface area contributed by atoms with Crippen molar-refractivity contribution in [2.45, 2.75) is 30.4 Å². The molecule has 0 N–H and O–H groups in total. The molecule has 31 heavy (non-hydrogen) atoms. The molecule has 0 aliphatic carbocycles. The van der Waals surface area contributed by atoms with Crippen molar-refractivity contribution in [2.24, 2.45) is 5.92 Å². The van der Waals surface area contributed by atoms with Gasteiger partial charge in [-0.15, -0.1) is 0 Å². The Bertz CT molecular complexity index is 1080. The number of likely N-dealkylation sites (tertiary alicyclic amines) is 1. The van der Waals surface area contributed by atoms with Gasteiger partial charge in [-0.2, -0.15) is 0 Å². The topological polar surface area (TPSA) is 98.7 Å². The molecule has 1 amide bonds. The van der Waals surface area contributed by atoms with E-state index in [1.807, 2.05) is 18.2 Å². The number of fused-ring (bicyclic) bond motifs is 1. The fourth-order valence-electron chi connectivity index (χ4n) is 4.83. The minimum Gasteiger partial charge on any atom is -0.493 e. The zero-order valence-electron chi connectivity index (χ0n) is 17.2. The average Bonchev–Trinajstić information content (AvgIpc) is 3.02. The van der Waals surface area contributed by atoms with Gasteiger partial charge in [-0.05, 0) is 42.5 Å². The molecule has 5 rings (SSSR count). The number of ether oxygens (including phenoxy) is 2. The lowest BCUT2D eigenvalue weighted by molar-refractivity contribution is -0.136. The summed E-state index contributed by atoms with van der Waals surface area (Å²) in [7, 11) is -3.29. The van der Waals surface area contributed by atoms with Gasteiger partial charge in [-0.1, -0.05) is 12.1 Å². The van der Waals surface area contributed by atoms with E-state index in [-0.39, 0.29) is 49.7 Å². The standard InChI is InChI=1S/C22H25N3O5S/c26-20(12-16-4-5-19-17(11-16)3-1-9-29-19)25-14-22(15-25)18(6-10-31(22,27)28)13-30-21-23-7-2-8-24-21/h2,4-5,7-8,11,18H,1,3,6,9-10,12-15H2. The van der Waals surface area contributed by atoms with Crippen LogP contribution >= 0.6 is 0 Å². The molecule has 0 saturated carbocycles. The second-order valence-corrected chi connectivity index (χ2v) is 11.0. The quantitative estimate of drug-likeness (QED) is 0.689. The average molecular weight is 444 g/mol. The third-order valence-electron chi connectivity index (χ3n) is 6.65. The summed E-state index contributed by atoms with van der Waals surface area (Å²) in [6.45, 7) is 1.42. The van der Waals surface area contributed by atoms with Crippen LogP contribution in [0.5, 0.6) is 11.8 Å². The summed E-state index contributed by atoms with van der Waals surface area (Å²) in [5, 5.41) is 0. The molecule has 1 aromatic carbocycles. The largest absolute Gasteiger partial charge is 0.493 e. The number of aryl methyl sites for hydroxylation is 1. The lowest BCUT2D eigenvalue weighted by Crippen LogP contribution is -2.69. The Morgan fingerprint density at radius 3 is 2.87 bits per heavy atom. The van der Waals surface area contributed by atoms with Crippen molar-refractivity contribution in [3.8, 4) is 11.8 Å². The number of nitrogens with zero attached hydrogens (tertiary/aromatic N) is 3. The molecule has 3 aliphatic rings. The number of aromatic nitrogens is 2. The van der Waals surface area contributed by atoms with Crippen LogP contribution in [0.15, 0.2) is 36.7 Å². The highest BCUT2D eigenvalue weighted by Gasteiger charge is 2.62. The van der Waals surface area contributed by atoms with Crippen LogP contribution in [-0.2, 0) is 27.5 Å². The number of amides is 1. The summed E-state index contributed by atoms with van der Waals surface area (Å²) < 4.78 is 36.0. The molecule has 2 aromatic rings. The van der Waals surface area contributed by atoms with Crippen molar-refractivity contribution >= 4 is 15.7 Å². The van der Waals surface area contributed by atoms with Gasteiger partial charge < -0.3 is 14.4 Å². The summed E-state index contributed by atoms with van der Waals surface area (Å²) in [4.78, 5) is 22.6. The maximum atomic E-state index is 12.8. The smallest absolute Gasteiger partial charge is 0.316 e. The van der Waals surface area contributed by atoms with E-state index in [1.165, 1.54) is 0 Å². The van der Waals surface area contributed by atoms with E-state index in [1.54, 1.807) is 23.4 Å². The van der Waals surface area contributed by atoms with E-state index >= 15 is 0 Å². The number of sulfone groups is 1. The SMILES string of the molecule is O=C(Cc1ccc2c(c1)CCCO2)N1CC2(C1)C(COc1ncccn1)CCS2(=O)=O. The molecule has 9 heteroatoms. The van der Waals surface area contributed by atoms with Gasteiger partial charge in [0.05, 0.1) is 25.4 Å². The second kappa shape index (κ2) is 7.78. The molecule has 2 fully saturated rings. The number of rotatable bonds is 5. The second-order valence-electron chi connectivity index (χ2n) is 8.53. The van der Waals surface area contributed by atoms with Gasteiger partial charge in [0.15, 0.2) is 9.84 Å². The summed E-state index contributed by atoms with van der Waals surface area (Å²) in [5.41, 5.74) is 2.07. The van der Waals surface area contributed by atoms with E-state index in [0.29, 0.717) is 6.42 Å². The zero-order chi connectivity index (χ0) is 21.5. The zero-order valence-corrected chi connectivity index (χ0v) is 18.0. The number of hydrogen-bond acceptors (Lipinski definition) is 7. The minimum absolute atomic E-state index is 0.0459. The van der Waals surface area contributed by atoms with Gasteiger partial charge in [0.1, 0.15) is 10.5 Å². The van der Waals surface area contributed by atoms with E-state index in [4.69, 9.17) is 9.47 Å². The van der Waals surface area contributed by atoms with Crippen molar-refractivity contribution in [1.29, 1.82) is 0 Å². The molecule has 0 radical (unpaired) electrons. The van der Waals surface area contributed by atoms with Gasteiger partial charge in [0.25, 0.3) is 0 Å². The van der Waals surface area contributed by atoms with Crippen molar-refractivity contribution in [1.82, 2.24) is 14.9 Å². The van der Waals surface area contributed by atoms with E-state index in [9.17, 15) is 13.2 Å². The molecular weight excluding hydrogens is 418 g/mol. The van der Waals surface area contributed by atoms with Crippen LogP contribution in [0.25, 0.3) is 0 Å². The van der Waals surface area contributed by atoms with Crippen molar-refractivity contribution < 1.29 is 22.7 Å². The van der Waals surface area contributed by atoms with Crippen LogP contribution in [0.2, 0.25) is 0 Å². The normalized spacial score (nSPS) is 23.0. The van der Waals surface area contributed by atoms with Crippen LogP contribution in [0, 0.1) is 5.92 Å². The summed E-state index contributed by atoms with van der Waals surface area (Å²) in [6.07, 6.45) is 5.90. The predicted molar refractivity (Wildman–Crippen MR) is 113 cm³/mol. The lowest BCUT2D eigenvalue weighted by Gasteiger charge is -2.49. The monoisotopic (exact) mass is 443 g/mol. The van der Waals surface area contributed by atoms with E-state index < -0.39 is 14.6 Å². The Labute approximate surface area is 181 Å². The Morgan fingerprint density at radius 1 is 1.26 bits per heavy atom. The molecule has 1 unspecified atom stereocenters. The van der Waals surface area contributed by atoms with Gasteiger partial charge >= 0.3 is 6.01 Å². The van der Waals surface area contributed by atoms with Gasteiger partial charge in [-0.25, -0.2) is 18.4 Å². The number of hydrogen-bond donors (Lipinski definition) is 0. The van der Waals surface area contributed by atoms with Crippen molar-refractivity contribution in [3.05, 3.63) is 47.8 Å². The van der Waals surface area contributed by atoms with Crippen LogP contribution in [-0.4, -0.2) is 66.0 Å². The molecule has 164 valence electrons. The first-order valence-corrected chi connectivity index (χ1v) is 12.3. The first-order valence-electron chi connectivity index (χ1n) is 10.6. The van der Waals surface area contributed by atoms with Crippen LogP contribution in [0.3, 0.4) is 0 Å². The summed E-state index contributed by atoms with van der Waals surface area (Å²) in [6, 6.07) is 7.81. The highest BCUT2D eigenvalue weighted by molar-refractivity contribution is 7.93. The maximum absolute atomic E-state index is 12.8. The number of carbonyl (C=O) groups excluding carboxylic acids is 1. The Morgan fingerprint density at radius 2 is 2.06 bits per heavy atom. The van der Waals surface area contributed by atoms with E-state index in [0.717, 1.165) is 36.3 Å². The Hall–Kier alpha value is -2.68. The Kier molecular flexibility index (Phi) is 5.08. The fraction of sp³-hybridized carbons (Fsp3) is 0.500. The fourth-order valence-corrected chi connectivity index (χ4v) is 7.23. The minimum atomic E-state index is -3.29. The molecule has 4 heterocycles. The summed E-state index contributed by atoms with van der Waals surface area (Å²) >= 11 is 0. The molecule has 1 atom stereocenters. The van der Waals surface area contributed by atoms with Crippen LogP contribution in [0.1, 0.15) is 24.0 Å². The van der Waals surface area contributed by atoms with Crippen LogP contribution < -0.4 is 9.47 Å². The summed E-state index contributed by atoms with van der Waals surface area (Å²) in [5.74, 6) is 0.804. The number of benzene rings is 1. The molecule has 1 spiro atoms. The highest BCUT2D eigenvalue weighted by atomic mass is 32.2. The van der Waals surface area contributed by atoms with E-state index in [2.05, 4.69) is 9.97 Å². The van der Waals surface area contributed by atoms with Gasteiger partial charge in [0.2, 0.25) is 5.91 Å². The highest BCUT2D eigenvalue weighted by Crippen LogP contribution is 2.45. The number of carbonyl (C=O) groups is 1. The first-order chi connectivity index (χ1) is 15.0. The predicted octanol–water partition coefficient (Wildman–Crippen LogP) is 1.44. The maximum Gasteiger partial charge on any atom is 0.316 e. The molecule has 2 saturated heterocycles. The third-order valence-corrected chi connectivity index (χ3v) is 9.26. The molecule has 1 aromatic heterocycles. The lowest BCUT2D eigenvalue weighted by atomic mass is 9.83. The van der Waals surface area contributed by atoms with Gasteiger partial charge in [0, 0.05) is 31.4 Å². The Balaban J connectivity index is 1.24. The van der Waals surface area contributed by atoms with Crippen molar-refractivity contribution in [2.75, 3.05) is 32.1 Å². The molecule has 0 bridgehead atoms. The molecular formula is C22H25N3O5S. The van der Waals surface area contributed by atoms with Gasteiger partial charge in [-0.3, -0.25) is 4.79 Å². The van der Waals surface area contributed by atoms with Crippen LogP contribution in [0.4, 0.5) is 0 Å². The first kappa shape index (κ1) is 20.2. The van der Waals surface area contributed by atoms with Crippen molar-refractivity contribution in [3.63, 3.8) is 0 Å².